The molecule has 5 heteroatoms. The normalized spacial score (nSPS) is 15.3. The number of amides is 1. The van der Waals surface area contributed by atoms with Gasteiger partial charge >= 0.3 is 0 Å². The lowest BCUT2D eigenvalue weighted by molar-refractivity contribution is -0.110. The Labute approximate surface area is 116 Å². The minimum absolute atomic E-state index is 0.110. The second-order valence-corrected chi connectivity index (χ2v) is 4.58. The molecule has 1 aliphatic heterocycles. The molecule has 3 rings (SSSR count). The number of ether oxygens (including phenoxy) is 1. The number of fused-ring (bicyclic) bond motifs is 1. The largest absolute Gasteiger partial charge is 0.494 e. The average Bonchev–Trinajstić information content (AvgIpc) is 2.96. The Kier molecular flexibility index (Phi) is 3.02. The zero-order valence-electron chi connectivity index (χ0n) is 11.4. The molecule has 2 heterocycles. The summed E-state index contributed by atoms with van der Waals surface area (Å²) in [6.07, 6.45) is 3.51. The molecule has 0 atom stereocenters. The predicted octanol–water partition coefficient (Wildman–Crippen LogP) is 2.61. The van der Waals surface area contributed by atoms with Gasteiger partial charge in [-0.3, -0.25) is 4.79 Å². The quantitative estimate of drug-likeness (QED) is 0.842. The molecule has 1 aromatic carbocycles. The minimum atomic E-state index is -0.110. The number of carbonyl (C=O) groups excluding carboxylic acids is 1. The van der Waals surface area contributed by atoms with Crippen molar-refractivity contribution in [2.45, 2.75) is 13.8 Å². The molecule has 0 saturated heterocycles. The van der Waals surface area contributed by atoms with E-state index in [0.29, 0.717) is 12.2 Å². The molecule has 0 radical (unpaired) electrons. The fourth-order valence-electron chi connectivity index (χ4n) is 2.24. The van der Waals surface area contributed by atoms with E-state index in [9.17, 15) is 4.79 Å². The van der Waals surface area contributed by atoms with Crippen LogP contribution in [0.1, 0.15) is 24.0 Å². The van der Waals surface area contributed by atoms with Crippen LogP contribution >= 0.6 is 0 Å². The van der Waals surface area contributed by atoms with Crippen LogP contribution < -0.4 is 10.1 Å². The van der Waals surface area contributed by atoms with Crippen molar-refractivity contribution in [3.8, 4) is 5.75 Å². The highest BCUT2D eigenvalue weighted by atomic mass is 16.5. The molecule has 0 fully saturated rings. The molecule has 1 amide bonds. The van der Waals surface area contributed by atoms with E-state index in [-0.39, 0.29) is 5.91 Å². The van der Waals surface area contributed by atoms with Crippen molar-refractivity contribution >= 4 is 23.2 Å². The van der Waals surface area contributed by atoms with Crippen molar-refractivity contribution in [1.29, 1.82) is 0 Å². The lowest BCUT2D eigenvalue weighted by Crippen LogP contribution is -2.03. The Bertz CT molecular complexity index is 701. The summed E-state index contributed by atoms with van der Waals surface area (Å²) in [5, 5.41) is 2.85. The maximum Gasteiger partial charge on any atom is 0.256 e. The van der Waals surface area contributed by atoms with Crippen molar-refractivity contribution in [1.82, 2.24) is 9.97 Å². The maximum absolute atomic E-state index is 12.1. The monoisotopic (exact) mass is 269 g/mol. The highest BCUT2D eigenvalue weighted by Crippen LogP contribution is 2.35. The zero-order chi connectivity index (χ0) is 14.1. The lowest BCUT2D eigenvalue weighted by atomic mass is 10.1. The number of rotatable bonds is 3. The van der Waals surface area contributed by atoms with E-state index in [1.165, 1.54) is 0 Å². The molecule has 5 nitrogen and oxygen atoms in total. The summed E-state index contributed by atoms with van der Waals surface area (Å²) in [4.78, 5) is 19.3. The molecule has 1 aromatic heterocycles. The van der Waals surface area contributed by atoms with Gasteiger partial charge in [0.15, 0.2) is 0 Å². The summed E-state index contributed by atoms with van der Waals surface area (Å²) in [6.45, 7) is 4.40. The highest BCUT2D eigenvalue weighted by Gasteiger charge is 2.24. The van der Waals surface area contributed by atoms with Crippen LogP contribution in [0.25, 0.3) is 11.6 Å². The van der Waals surface area contributed by atoms with Crippen LogP contribution in [0.2, 0.25) is 0 Å². The SMILES string of the molecule is CCOc1ccc2c(c1)C(=Cc1cnc(C)[nH]1)C(=O)N2. The topological polar surface area (TPSA) is 67.0 Å². The first-order valence-corrected chi connectivity index (χ1v) is 6.49. The molecule has 2 N–H and O–H groups in total. The van der Waals surface area contributed by atoms with Crippen LogP contribution in [0.5, 0.6) is 5.75 Å². The summed E-state index contributed by atoms with van der Waals surface area (Å²) in [5.74, 6) is 1.47. The van der Waals surface area contributed by atoms with Gasteiger partial charge in [-0.25, -0.2) is 4.98 Å². The highest BCUT2D eigenvalue weighted by molar-refractivity contribution is 6.34. The number of nitrogens with one attached hydrogen (secondary N) is 2. The third-order valence-corrected chi connectivity index (χ3v) is 3.11. The number of hydrogen-bond acceptors (Lipinski definition) is 3. The number of aryl methyl sites for hydroxylation is 1. The summed E-state index contributed by atoms with van der Waals surface area (Å²) in [6, 6.07) is 5.59. The maximum atomic E-state index is 12.1. The Morgan fingerprint density at radius 1 is 1.40 bits per heavy atom. The second kappa shape index (κ2) is 4.85. The van der Waals surface area contributed by atoms with Crippen molar-refractivity contribution in [3.05, 3.63) is 41.5 Å². The molecular weight excluding hydrogens is 254 g/mol. The van der Waals surface area contributed by atoms with Gasteiger partial charge in [-0.1, -0.05) is 0 Å². The third-order valence-electron chi connectivity index (χ3n) is 3.11. The number of anilines is 1. The van der Waals surface area contributed by atoms with E-state index in [1.54, 1.807) is 12.3 Å². The van der Waals surface area contributed by atoms with Crippen LogP contribution in [0.4, 0.5) is 5.69 Å². The summed E-state index contributed by atoms with van der Waals surface area (Å²) in [7, 11) is 0. The van der Waals surface area contributed by atoms with Crippen molar-refractivity contribution in [2.24, 2.45) is 0 Å². The van der Waals surface area contributed by atoms with Crippen molar-refractivity contribution < 1.29 is 9.53 Å². The van der Waals surface area contributed by atoms with E-state index >= 15 is 0 Å². The van der Waals surface area contributed by atoms with Gasteiger partial charge in [0.2, 0.25) is 0 Å². The van der Waals surface area contributed by atoms with E-state index in [2.05, 4.69) is 15.3 Å². The molecule has 0 spiro atoms. The van der Waals surface area contributed by atoms with Gasteiger partial charge in [-0.05, 0) is 38.1 Å². The molecule has 2 aromatic rings. The van der Waals surface area contributed by atoms with Crippen molar-refractivity contribution in [3.63, 3.8) is 0 Å². The summed E-state index contributed by atoms with van der Waals surface area (Å²) < 4.78 is 5.48. The molecule has 0 unspecified atom stereocenters. The predicted molar refractivity (Wildman–Crippen MR) is 77.4 cm³/mol. The van der Waals surface area contributed by atoms with Crippen LogP contribution in [-0.2, 0) is 4.79 Å². The number of benzene rings is 1. The first kappa shape index (κ1) is 12.5. The van der Waals surface area contributed by atoms with Crippen molar-refractivity contribution in [2.75, 3.05) is 11.9 Å². The lowest BCUT2D eigenvalue weighted by Gasteiger charge is -2.05. The molecule has 0 aliphatic carbocycles. The van der Waals surface area contributed by atoms with Gasteiger partial charge in [0.25, 0.3) is 5.91 Å². The van der Waals surface area contributed by atoms with E-state index in [1.807, 2.05) is 32.0 Å². The van der Waals surface area contributed by atoms with Crippen LogP contribution in [0, 0.1) is 6.92 Å². The van der Waals surface area contributed by atoms with Gasteiger partial charge < -0.3 is 15.0 Å². The number of aromatic amines is 1. The third kappa shape index (κ3) is 2.18. The molecular formula is C15H15N3O2. The molecule has 1 aliphatic rings. The fraction of sp³-hybridized carbons (Fsp3) is 0.200. The number of imidazole rings is 1. The minimum Gasteiger partial charge on any atom is -0.494 e. The Morgan fingerprint density at radius 2 is 2.25 bits per heavy atom. The van der Waals surface area contributed by atoms with E-state index in [0.717, 1.165) is 28.5 Å². The standard InChI is InChI=1S/C15H15N3O2/c1-3-20-11-4-5-14-12(7-11)13(15(19)18-14)6-10-8-16-9(2)17-10/h4-8H,3H2,1-2H3,(H,16,17)(H,18,19). The van der Waals surface area contributed by atoms with Gasteiger partial charge in [-0.15, -0.1) is 0 Å². The zero-order valence-corrected chi connectivity index (χ0v) is 11.4. The number of aromatic nitrogens is 2. The van der Waals surface area contributed by atoms with Crippen LogP contribution in [0.3, 0.4) is 0 Å². The van der Waals surface area contributed by atoms with Gasteiger partial charge in [0.05, 0.1) is 24.1 Å². The van der Waals surface area contributed by atoms with Gasteiger partial charge in [-0.2, -0.15) is 0 Å². The Balaban J connectivity index is 2.03. The Morgan fingerprint density at radius 3 is 2.95 bits per heavy atom. The molecule has 0 bridgehead atoms. The molecule has 0 saturated carbocycles. The van der Waals surface area contributed by atoms with Gasteiger partial charge in [0.1, 0.15) is 11.6 Å². The fourth-order valence-corrected chi connectivity index (χ4v) is 2.24. The van der Waals surface area contributed by atoms with Crippen LogP contribution in [-0.4, -0.2) is 22.5 Å². The average molecular weight is 269 g/mol. The summed E-state index contributed by atoms with van der Waals surface area (Å²) in [5.41, 5.74) is 3.08. The Hall–Kier alpha value is -2.56. The first-order valence-electron chi connectivity index (χ1n) is 6.49. The number of H-pyrrole nitrogens is 1. The summed E-state index contributed by atoms with van der Waals surface area (Å²) >= 11 is 0. The molecule has 20 heavy (non-hydrogen) atoms. The first-order chi connectivity index (χ1) is 9.67. The van der Waals surface area contributed by atoms with E-state index < -0.39 is 0 Å². The van der Waals surface area contributed by atoms with E-state index in [4.69, 9.17) is 4.74 Å². The van der Waals surface area contributed by atoms with Crippen LogP contribution in [0.15, 0.2) is 24.4 Å². The smallest absolute Gasteiger partial charge is 0.256 e. The van der Waals surface area contributed by atoms with Gasteiger partial charge in [0, 0.05) is 11.3 Å². The number of nitrogens with zero attached hydrogens (tertiary/aromatic N) is 1. The molecule has 102 valence electrons. The number of hydrogen-bond donors (Lipinski definition) is 2. The number of carbonyl (C=O) groups is 1. The second-order valence-electron chi connectivity index (χ2n) is 4.58.